The van der Waals surface area contributed by atoms with E-state index in [1.54, 1.807) is 7.11 Å². The quantitative estimate of drug-likeness (QED) is 0.519. The number of benzene rings is 1. The Bertz CT molecular complexity index is 725. The van der Waals surface area contributed by atoms with Crippen LogP contribution in [0.1, 0.15) is 24.1 Å². The summed E-state index contributed by atoms with van der Waals surface area (Å²) in [5.74, 6) is 1.74. The molecule has 0 aliphatic heterocycles. The lowest BCUT2D eigenvalue weighted by Gasteiger charge is -2.22. The molecule has 0 aliphatic carbocycles. The zero-order valence-corrected chi connectivity index (χ0v) is 17.1. The van der Waals surface area contributed by atoms with Gasteiger partial charge >= 0.3 is 0 Å². The van der Waals surface area contributed by atoms with E-state index in [1.807, 2.05) is 42.3 Å². The molecule has 2 aromatic rings. The number of guanidine groups is 1. The number of para-hydroxylation sites is 1. The van der Waals surface area contributed by atoms with Crippen molar-refractivity contribution in [2.75, 3.05) is 40.8 Å². The normalized spacial score (nSPS) is 12.9. The molecule has 0 radical (unpaired) electrons. The molecule has 7 heteroatoms. The lowest BCUT2D eigenvalue weighted by molar-refractivity contribution is 0.306. The van der Waals surface area contributed by atoms with Crippen molar-refractivity contribution in [1.29, 1.82) is 0 Å². The van der Waals surface area contributed by atoms with Crippen LogP contribution in [0, 0.1) is 0 Å². The zero-order chi connectivity index (χ0) is 19.6. The number of nitrogens with one attached hydrogen (secondary N) is 2. The van der Waals surface area contributed by atoms with E-state index in [9.17, 15) is 0 Å². The fourth-order valence-corrected chi connectivity index (χ4v) is 2.92. The number of ether oxygens (including phenoxy) is 1. The van der Waals surface area contributed by atoms with Crippen LogP contribution >= 0.6 is 0 Å². The summed E-state index contributed by atoms with van der Waals surface area (Å²) in [5.41, 5.74) is 2.35. The third kappa shape index (κ3) is 6.29. The predicted octanol–water partition coefficient (Wildman–Crippen LogP) is 1.83. The minimum Gasteiger partial charge on any atom is -0.496 e. The second-order valence-corrected chi connectivity index (χ2v) is 6.63. The number of methoxy groups -OCH3 is 1. The first-order chi connectivity index (χ1) is 13.0. The van der Waals surface area contributed by atoms with Crippen LogP contribution in [0.5, 0.6) is 5.75 Å². The molecule has 0 aliphatic rings. The first-order valence-electron chi connectivity index (χ1n) is 9.34. The maximum Gasteiger partial charge on any atom is 0.191 e. The number of hydrogen-bond donors (Lipinski definition) is 2. The highest BCUT2D eigenvalue weighted by Gasteiger charge is 2.15. The summed E-state index contributed by atoms with van der Waals surface area (Å²) in [7, 11) is 7.77. The molecule has 0 bridgehead atoms. The maximum atomic E-state index is 5.42. The third-order valence-corrected chi connectivity index (χ3v) is 4.38. The van der Waals surface area contributed by atoms with Crippen LogP contribution in [-0.4, -0.2) is 61.5 Å². The number of rotatable bonds is 9. The molecule has 7 nitrogen and oxygen atoms in total. The predicted molar refractivity (Wildman–Crippen MR) is 110 cm³/mol. The van der Waals surface area contributed by atoms with E-state index in [0.29, 0.717) is 6.54 Å². The van der Waals surface area contributed by atoms with Crippen LogP contribution in [-0.2, 0) is 13.5 Å². The number of nitrogens with zero attached hydrogens (tertiary/aromatic N) is 4. The lowest BCUT2D eigenvalue weighted by Crippen LogP contribution is -2.39. The fourth-order valence-electron chi connectivity index (χ4n) is 2.92. The molecule has 1 unspecified atom stereocenters. The van der Waals surface area contributed by atoms with Gasteiger partial charge in [-0.2, -0.15) is 5.10 Å². The van der Waals surface area contributed by atoms with E-state index in [4.69, 9.17) is 9.73 Å². The average Bonchev–Trinajstić information content (AvgIpc) is 3.08. The van der Waals surface area contributed by atoms with Crippen molar-refractivity contribution in [2.45, 2.75) is 19.4 Å². The van der Waals surface area contributed by atoms with Crippen LogP contribution < -0.4 is 15.4 Å². The Hall–Kier alpha value is -2.54. The summed E-state index contributed by atoms with van der Waals surface area (Å²) in [4.78, 5) is 6.94. The van der Waals surface area contributed by atoms with Gasteiger partial charge in [0.2, 0.25) is 0 Å². The lowest BCUT2D eigenvalue weighted by atomic mass is 10.1. The molecule has 2 N–H and O–H groups in total. The van der Waals surface area contributed by atoms with E-state index in [0.717, 1.165) is 36.8 Å². The van der Waals surface area contributed by atoms with Crippen LogP contribution in [0.15, 0.2) is 41.7 Å². The number of aliphatic imine (C=N–C) groups is 1. The summed E-state index contributed by atoms with van der Waals surface area (Å²) in [6.07, 6.45) is 4.82. The van der Waals surface area contributed by atoms with Crippen LogP contribution in [0.2, 0.25) is 0 Å². The van der Waals surface area contributed by atoms with Gasteiger partial charge in [0, 0.05) is 31.9 Å². The van der Waals surface area contributed by atoms with E-state index in [1.165, 1.54) is 5.56 Å². The molecule has 1 aromatic heterocycles. The molecule has 27 heavy (non-hydrogen) atoms. The molecule has 1 atom stereocenters. The van der Waals surface area contributed by atoms with Crippen molar-refractivity contribution in [3.8, 4) is 5.75 Å². The monoisotopic (exact) mass is 372 g/mol. The number of likely N-dealkylation sites (N-methyl/N-ethyl adjacent to an activating group) is 1. The van der Waals surface area contributed by atoms with Crippen molar-refractivity contribution >= 4 is 5.96 Å². The first-order valence-corrected chi connectivity index (χ1v) is 9.34. The molecule has 2 rings (SSSR count). The maximum absolute atomic E-state index is 5.42. The van der Waals surface area contributed by atoms with Gasteiger partial charge in [0.25, 0.3) is 0 Å². The highest BCUT2D eigenvalue weighted by atomic mass is 16.5. The Morgan fingerprint density at radius 2 is 2.07 bits per heavy atom. The van der Waals surface area contributed by atoms with Crippen LogP contribution in [0.4, 0.5) is 0 Å². The van der Waals surface area contributed by atoms with Crippen molar-refractivity contribution in [3.05, 3.63) is 47.8 Å². The van der Waals surface area contributed by atoms with Gasteiger partial charge in [-0.15, -0.1) is 0 Å². The average molecular weight is 373 g/mol. The second-order valence-electron chi connectivity index (χ2n) is 6.63. The standard InChI is InChI=1S/C20H32N6O/c1-6-21-20(22-12-11-16-9-7-8-10-19(16)27-5)23-14-18(25(2)3)17-13-24-26(4)15-17/h7-10,13,15,18H,6,11-12,14H2,1-5H3,(H2,21,22,23). The Morgan fingerprint density at radius 3 is 2.70 bits per heavy atom. The van der Waals surface area contributed by atoms with Gasteiger partial charge in [0.1, 0.15) is 5.75 Å². The number of hydrogen-bond acceptors (Lipinski definition) is 4. The summed E-state index contributed by atoms with van der Waals surface area (Å²) >= 11 is 0. The molecule has 0 fully saturated rings. The van der Waals surface area contributed by atoms with Crippen molar-refractivity contribution < 1.29 is 4.74 Å². The van der Waals surface area contributed by atoms with E-state index in [2.05, 4.69) is 47.7 Å². The van der Waals surface area contributed by atoms with Gasteiger partial charge in [-0.05, 0) is 39.1 Å². The van der Waals surface area contributed by atoms with Gasteiger partial charge in [-0.1, -0.05) is 18.2 Å². The minimum atomic E-state index is 0.184. The van der Waals surface area contributed by atoms with Gasteiger partial charge < -0.3 is 20.3 Å². The molecule has 0 saturated heterocycles. The summed E-state index contributed by atoms with van der Waals surface area (Å²) in [5, 5.41) is 11.0. The second kappa shape index (κ2) is 10.6. The molecular weight excluding hydrogens is 340 g/mol. The van der Waals surface area contributed by atoms with Crippen molar-refractivity contribution in [2.24, 2.45) is 12.0 Å². The smallest absolute Gasteiger partial charge is 0.191 e. The minimum absolute atomic E-state index is 0.184. The number of aromatic nitrogens is 2. The van der Waals surface area contributed by atoms with Crippen LogP contribution in [0.3, 0.4) is 0 Å². The van der Waals surface area contributed by atoms with E-state index < -0.39 is 0 Å². The molecule has 0 amide bonds. The highest BCUT2D eigenvalue weighted by molar-refractivity contribution is 5.79. The van der Waals surface area contributed by atoms with Gasteiger partial charge in [-0.3, -0.25) is 9.67 Å². The van der Waals surface area contributed by atoms with E-state index >= 15 is 0 Å². The molecule has 1 aromatic carbocycles. The molecule has 0 saturated carbocycles. The highest BCUT2D eigenvalue weighted by Crippen LogP contribution is 2.18. The van der Waals surface area contributed by atoms with Gasteiger partial charge in [0.05, 0.1) is 25.9 Å². The Labute approximate surface area is 162 Å². The van der Waals surface area contributed by atoms with Gasteiger partial charge in [0.15, 0.2) is 5.96 Å². The number of aryl methyl sites for hydroxylation is 1. The summed E-state index contributed by atoms with van der Waals surface area (Å²) in [6, 6.07) is 8.29. The Balaban J connectivity index is 1.98. The Morgan fingerprint density at radius 1 is 1.30 bits per heavy atom. The first kappa shape index (κ1) is 20.8. The Kier molecular flexibility index (Phi) is 8.13. The molecule has 1 heterocycles. The molecular formula is C20H32N6O. The molecule has 148 valence electrons. The SMILES string of the molecule is CCNC(=NCC(c1cnn(C)c1)N(C)C)NCCc1ccccc1OC. The fraction of sp³-hybridized carbons (Fsp3) is 0.500. The summed E-state index contributed by atoms with van der Waals surface area (Å²) < 4.78 is 7.25. The third-order valence-electron chi connectivity index (χ3n) is 4.38. The topological polar surface area (TPSA) is 66.7 Å². The van der Waals surface area contributed by atoms with Crippen molar-refractivity contribution in [3.63, 3.8) is 0 Å². The van der Waals surface area contributed by atoms with Gasteiger partial charge in [-0.25, -0.2) is 0 Å². The molecule has 0 spiro atoms. The van der Waals surface area contributed by atoms with Crippen molar-refractivity contribution in [1.82, 2.24) is 25.3 Å². The summed E-state index contributed by atoms with van der Waals surface area (Å²) in [6.45, 7) is 4.33. The largest absolute Gasteiger partial charge is 0.496 e. The van der Waals surface area contributed by atoms with Crippen LogP contribution in [0.25, 0.3) is 0 Å². The zero-order valence-electron chi connectivity index (χ0n) is 17.1. The van der Waals surface area contributed by atoms with E-state index in [-0.39, 0.29) is 6.04 Å².